The molecule has 0 aromatic heterocycles. The van der Waals surface area contributed by atoms with Gasteiger partial charge in [0.25, 0.3) is 11.7 Å². The molecule has 2 amide bonds. The molecule has 0 atom stereocenters. The molecule has 0 spiro atoms. The van der Waals surface area contributed by atoms with E-state index in [9.17, 15) is 14.4 Å². The minimum atomic E-state index is -0.676. The predicted octanol–water partition coefficient (Wildman–Crippen LogP) is 0.582. The maximum absolute atomic E-state index is 12.0. The molecule has 0 unspecified atom stereocenters. The molecule has 1 aliphatic heterocycles. The Kier molecular flexibility index (Phi) is 3.57. The Morgan fingerprint density at radius 1 is 1.35 bits per heavy atom. The van der Waals surface area contributed by atoms with Crippen LogP contribution in [0.5, 0.6) is 0 Å². The maximum atomic E-state index is 12.0. The highest BCUT2D eigenvalue weighted by Gasteiger charge is 2.37. The molecular formula is C15H14N2O3. The van der Waals surface area contributed by atoms with Crippen molar-refractivity contribution >= 4 is 23.3 Å². The van der Waals surface area contributed by atoms with Crippen LogP contribution in [0.2, 0.25) is 0 Å². The SMILES string of the molecule is C#CCNC(=O)CN1C(=O)C(=O)c2c(C)cc(C)cc21. The van der Waals surface area contributed by atoms with Crippen LogP contribution in [-0.2, 0) is 9.59 Å². The molecule has 0 saturated heterocycles. The predicted molar refractivity (Wildman–Crippen MR) is 74.4 cm³/mol. The molecule has 0 fully saturated rings. The third-order valence-electron chi connectivity index (χ3n) is 3.11. The lowest BCUT2D eigenvalue weighted by Crippen LogP contribution is -2.40. The van der Waals surface area contributed by atoms with Gasteiger partial charge in [-0.05, 0) is 31.0 Å². The number of hydrogen-bond donors (Lipinski definition) is 1. The monoisotopic (exact) mass is 270 g/mol. The number of ketones is 1. The fourth-order valence-corrected chi connectivity index (χ4v) is 2.30. The summed E-state index contributed by atoms with van der Waals surface area (Å²) < 4.78 is 0. The van der Waals surface area contributed by atoms with E-state index in [1.807, 2.05) is 13.0 Å². The first-order valence-electron chi connectivity index (χ1n) is 6.13. The number of rotatable bonds is 3. The number of fused-ring (bicyclic) bond motifs is 1. The standard InChI is InChI=1S/C15H14N2O3/c1-4-5-16-12(18)8-17-11-7-9(2)6-10(3)13(11)14(19)15(17)20/h1,6-7H,5,8H2,2-3H3,(H,16,18). The number of nitrogens with one attached hydrogen (secondary N) is 1. The number of aryl methyl sites for hydroxylation is 2. The molecule has 0 radical (unpaired) electrons. The highest BCUT2D eigenvalue weighted by Crippen LogP contribution is 2.32. The van der Waals surface area contributed by atoms with Gasteiger partial charge in [0.2, 0.25) is 5.91 Å². The number of carbonyl (C=O) groups excluding carboxylic acids is 3. The second-order valence-electron chi connectivity index (χ2n) is 4.68. The molecule has 20 heavy (non-hydrogen) atoms. The Balaban J connectivity index is 2.34. The average molecular weight is 270 g/mol. The van der Waals surface area contributed by atoms with Crippen LogP contribution in [-0.4, -0.2) is 30.7 Å². The number of Topliss-reactive ketones (excluding diaryl/α,β-unsaturated/α-hetero) is 1. The van der Waals surface area contributed by atoms with Crippen LogP contribution in [0.25, 0.3) is 0 Å². The normalized spacial score (nSPS) is 13.2. The Morgan fingerprint density at radius 3 is 2.70 bits per heavy atom. The number of hydrogen-bond acceptors (Lipinski definition) is 3. The highest BCUT2D eigenvalue weighted by atomic mass is 16.2. The van der Waals surface area contributed by atoms with Gasteiger partial charge in [-0.3, -0.25) is 19.3 Å². The molecule has 0 saturated carbocycles. The van der Waals surface area contributed by atoms with Gasteiger partial charge in [-0.1, -0.05) is 12.0 Å². The first-order valence-corrected chi connectivity index (χ1v) is 6.13. The van der Waals surface area contributed by atoms with E-state index >= 15 is 0 Å². The van der Waals surface area contributed by atoms with E-state index in [-0.39, 0.29) is 13.1 Å². The van der Waals surface area contributed by atoms with Gasteiger partial charge in [-0.15, -0.1) is 6.42 Å². The second-order valence-corrected chi connectivity index (χ2v) is 4.68. The average Bonchev–Trinajstić information content (AvgIpc) is 2.61. The zero-order chi connectivity index (χ0) is 14.9. The molecule has 1 aromatic rings. The van der Waals surface area contributed by atoms with Crippen molar-refractivity contribution < 1.29 is 14.4 Å². The van der Waals surface area contributed by atoms with Gasteiger partial charge in [0, 0.05) is 0 Å². The van der Waals surface area contributed by atoms with Crippen LogP contribution in [0, 0.1) is 26.2 Å². The van der Waals surface area contributed by atoms with E-state index in [4.69, 9.17) is 6.42 Å². The lowest BCUT2D eigenvalue weighted by atomic mass is 10.0. The Bertz CT molecular complexity index is 656. The lowest BCUT2D eigenvalue weighted by molar-refractivity contribution is -0.121. The van der Waals surface area contributed by atoms with Crippen molar-refractivity contribution in [2.75, 3.05) is 18.0 Å². The summed E-state index contributed by atoms with van der Waals surface area (Å²) in [6.45, 7) is 3.53. The molecule has 1 aliphatic rings. The smallest absolute Gasteiger partial charge is 0.299 e. The summed E-state index contributed by atoms with van der Waals surface area (Å²) in [4.78, 5) is 36.8. The van der Waals surface area contributed by atoms with Gasteiger partial charge in [-0.25, -0.2) is 0 Å². The van der Waals surface area contributed by atoms with Crippen LogP contribution in [0.4, 0.5) is 5.69 Å². The number of carbonyl (C=O) groups is 3. The Labute approximate surface area is 117 Å². The zero-order valence-electron chi connectivity index (χ0n) is 11.3. The molecule has 102 valence electrons. The summed E-state index contributed by atoms with van der Waals surface area (Å²) in [6, 6.07) is 3.57. The molecule has 0 bridgehead atoms. The van der Waals surface area contributed by atoms with Gasteiger partial charge in [0.1, 0.15) is 6.54 Å². The molecule has 1 heterocycles. The van der Waals surface area contributed by atoms with Crippen molar-refractivity contribution in [3.05, 3.63) is 28.8 Å². The van der Waals surface area contributed by atoms with Crippen LogP contribution in [0.1, 0.15) is 21.5 Å². The summed E-state index contributed by atoms with van der Waals surface area (Å²) in [5, 5.41) is 2.47. The lowest BCUT2D eigenvalue weighted by Gasteiger charge is -2.16. The molecular weight excluding hydrogens is 256 g/mol. The van der Waals surface area contributed by atoms with Crippen molar-refractivity contribution in [1.82, 2.24) is 5.32 Å². The maximum Gasteiger partial charge on any atom is 0.299 e. The van der Waals surface area contributed by atoms with E-state index in [1.54, 1.807) is 13.0 Å². The van der Waals surface area contributed by atoms with E-state index in [0.29, 0.717) is 11.3 Å². The van der Waals surface area contributed by atoms with Crippen molar-refractivity contribution in [2.24, 2.45) is 0 Å². The van der Waals surface area contributed by atoms with Gasteiger partial charge in [-0.2, -0.15) is 0 Å². The fraction of sp³-hybridized carbons (Fsp3) is 0.267. The van der Waals surface area contributed by atoms with Crippen molar-refractivity contribution in [3.8, 4) is 12.3 Å². The summed E-state index contributed by atoms with van der Waals surface area (Å²) in [5.74, 6) is 0.642. The summed E-state index contributed by atoms with van der Waals surface area (Å²) >= 11 is 0. The van der Waals surface area contributed by atoms with E-state index in [2.05, 4.69) is 11.2 Å². The number of benzene rings is 1. The van der Waals surface area contributed by atoms with Gasteiger partial charge >= 0.3 is 0 Å². The third-order valence-corrected chi connectivity index (χ3v) is 3.11. The fourth-order valence-electron chi connectivity index (χ4n) is 2.30. The molecule has 2 rings (SSSR count). The van der Waals surface area contributed by atoms with E-state index < -0.39 is 17.6 Å². The molecule has 5 nitrogen and oxygen atoms in total. The van der Waals surface area contributed by atoms with E-state index in [1.165, 1.54) is 4.90 Å². The van der Waals surface area contributed by atoms with Crippen molar-refractivity contribution in [3.63, 3.8) is 0 Å². The van der Waals surface area contributed by atoms with E-state index in [0.717, 1.165) is 11.1 Å². The van der Waals surface area contributed by atoms with Crippen LogP contribution >= 0.6 is 0 Å². The number of terminal acetylenes is 1. The summed E-state index contributed by atoms with van der Waals surface area (Å²) in [7, 11) is 0. The van der Waals surface area contributed by atoms with Gasteiger partial charge in [0.15, 0.2) is 0 Å². The third kappa shape index (κ3) is 2.28. The van der Waals surface area contributed by atoms with Crippen LogP contribution in [0.15, 0.2) is 12.1 Å². The highest BCUT2D eigenvalue weighted by molar-refractivity contribution is 6.53. The second kappa shape index (κ2) is 5.17. The molecule has 5 heteroatoms. The topological polar surface area (TPSA) is 66.5 Å². The molecule has 0 aliphatic carbocycles. The Hall–Kier alpha value is -2.61. The van der Waals surface area contributed by atoms with Crippen LogP contribution < -0.4 is 10.2 Å². The first kappa shape index (κ1) is 13.8. The van der Waals surface area contributed by atoms with Crippen LogP contribution in [0.3, 0.4) is 0 Å². The number of anilines is 1. The number of amides is 2. The summed E-state index contributed by atoms with van der Waals surface area (Å²) in [6.07, 6.45) is 5.05. The summed E-state index contributed by atoms with van der Waals surface area (Å²) in [5.41, 5.74) is 2.54. The molecule has 1 aromatic carbocycles. The minimum absolute atomic E-state index is 0.0918. The van der Waals surface area contributed by atoms with Crippen molar-refractivity contribution in [2.45, 2.75) is 13.8 Å². The first-order chi connectivity index (χ1) is 9.45. The zero-order valence-corrected chi connectivity index (χ0v) is 11.3. The van der Waals surface area contributed by atoms with Gasteiger partial charge < -0.3 is 5.32 Å². The molecule has 1 N–H and O–H groups in total. The minimum Gasteiger partial charge on any atom is -0.344 e. The number of nitrogens with zero attached hydrogens (tertiary/aromatic N) is 1. The quantitative estimate of drug-likeness (QED) is 0.645. The Morgan fingerprint density at radius 2 is 2.05 bits per heavy atom. The van der Waals surface area contributed by atoms with Gasteiger partial charge in [0.05, 0.1) is 17.8 Å². The van der Waals surface area contributed by atoms with Crippen molar-refractivity contribution in [1.29, 1.82) is 0 Å². The largest absolute Gasteiger partial charge is 0.344 e.